The van der Waals surface area contributed by atoms with Crippen LogP contribution in [0.15, 0.2) is 47.8 Å². The SMILES string of the molecule is O=C(CSc1ccncc1)Nc1cccnc1C(=O)O. The summed E-state index contributed by atoms with van der Waals surface area (Å²) < 4.78 is 0. The van der Waals surface area contributed by atoms with Crippen LogP contribution in [0.2, 0.25) is 0 Å². The van der Waals surface area contributed by atoms with E-state index in [1.165, 1.54) is 24.0 Å². The van der Waals surface area contributed by atoms with E-state index in [4.69, 9.17) is 5.11 Å². The van der Waals surface area contributed by atoms with Gasteiger partial charge in [0.05, 0.1) is 11.4 Å². The summed E-state index contributed by atoms with van der Waals surface area (Å²) in [5.74, 6) is -1.29. The summed E-state index contributed by atoms with van der Waals surface area (Å²) in [4.78, 5) is 31.3. The van der Waals surface area contributed by atoms with Crippen molar-refractivity contribution in [3.05, 3.63) is 48.5 Å². The molecule has 2 rings (SSSR count). The number of rotatable bonds is 5. The van der Waals surface area contributed by atoms with E-state index in [1.807, 2.05) is 0 Å². The number of hydrogen-bond donors (Lipinski definition) is 2. The highest BCUT2D eigenvalue weighted by Crippen LogP contribution is 2.17. The third-order valence-electron chi connectivity index (χ3n) is 2.30. The molecule has 1 amide bonds. The highest BCUT2D eigenvalue weighted by atomic mass is 32.2. The Morgan fingerprint density at radius 2 is 1.95 bits per heavy atom. The van der Waals surface area contributed by atoms with Gasteiger partial charge in [-0.25, -0.2) is 9.78 Å². The number of amides is 1. The number of thioether (sulfide) groups is 1. The number of nitrogens with zero attached hydrogens (tertiary/aromatic N) is 2. The van der Waals surface area contributed by atoms with Crippen LogP contribution < -0.4 is 5.32 Å². The van der Waals surface area contributed by atoms with Crippen LogP contribution in [-0.2, 0) is 4.79 Å². The van der Waals surface area contributed by atoms with E-state index in [0.29, 0.717) is 0 Å². The minimum absolute atomic E-state index is 0.172. The fourth-order valence-electron chi connectivity index (χ4n) is 1.45. The average molecular weight is 289 g/mol. The van der Waals surface area contributed by atoms with E-state index < -0.39 is 5.97 Å². The lowest BCUT2D eigenvalue weighted by atomic mass is 10.3. The van der Waals surface area contributed by atoms with Gasteiger partial charge in [-0.3, -0.25) is 9.78 Å². The summed E-state index contributed by atoms with van der Waals surface area (Å²) in [6.45, 7) is 0. The predicted octanol–water partition coefficient (Wildman–Crippen LogP) is 1.91. The molecule has 2 heterocycles. The Hall–Kier alpha value is -2.41. The van der Waals surface area contributed by atoms with Crippen LogP contribution in [0.5, 0.6) is 0 Å². The van der Waals surface area contributed by atoms with Crippen molar-refractivity contribution in [3.8, 4) is 0 Å². The molecule has 0 aliphatic rings. The van der Waals surface area contributed by atoms with Crippen molar-refractivity contribution in [1.82, 2.24) is 9.97 Å². The Morgan fingerprint density at radius 3 is 2.65 bits per heavy atom. The molecule has 0 unspecified atom stereocenters. The number of aromatic carboxylic acids is 1. The zero-order valence-corrected chi connectivity index (χ0v) is 11.1. The van der Waals surface area contributed by atoms with Gasteiger partial charge in [-0.2, -0.15) is 0 Å². The quantitative estimate of drug-likeness (QED) is 0.817. The Labute approximate surface area is 119 Å². The standard InChI is InChI=1S/C13H11N3O3S/c17-11(8-20-9-3-6-14-7-4-9)16-10-2-1-5-15-12(10)13(18)19/h1-7H,8H2,(H,16,17)(H,18,19). The van der Waals surface area contributed by atoms with Crippen LogP contribution in [0.4, 0.5) is 5.69 Å². The number of carboxylic acids is 1. The van der Waals surface area contributed by atoms with Crippen molar-refractivity contribution in [1.29, 1.82) is 0 Å². The predicted molar refractivity (Wildman–Crippen MR) is 74.8 cm³/mol. The lowest BCUT2D eigenvalue weighted by Crippen LogP contribution is -2.17. The van der Waals surface area contributed by atoms with Crippen LogP contribution in [0.1, 0.15) is 10.5 Å². The van der Waals surface area contributed by atoms with Gasteiger partial charge in [-0.1, -0.05) is 0 Å². The molecule has 2 aromatic heterocycles. The number of anilines is 1. The average Bonchev–Trinajstić information content (AvgIpc) is 2.46. The monoisotopic (exact) mass is 289 g/mol. The zero-order valence-electron chi connectivity index (χ0n) is 10.3. The number of aromatic nitrogens is 2. The molecular formula is C13H11N3O3S. The lowest BCUT2D eigenvalue weighted by Gasteiger charge is -2.07. The third-order valence-corrected chi connectivity index (χ3v) is 3.32. The third kappa shape index (κ3) is 3.79. The van der Waals surface area contributed by atoms with Crippen LogP contribution in [0, 0.1) is 0 Å². The van der Waals surface area contributed by atoms with Gasteiger partial charge >= 0.3 is 5.97 Å². The van der Waals surface area contributed by atoms with Gasteiger partial charge in [-0.05, 0) is 24.3 Å². The molecule has 0 spiro atoms. The first-order valence-corrected chi connectivity index (χ1v) is 6.66. The minimum atomic E-state index is -1.18. The number of hydrogen-bond acceptors (Lipinski definition) is 5. The summed E-state index contributed by atoms with van der Waals surface area (Å²) in [6, 6.07) is 6.67. The molecule has 7 heteroatoms. The van der Waals surface area contributed by atoms with Gasteiger partial charge < -0.3 is 10.4 Å². The number of carbonyl (C=O) groups excluding carboxylic acids is 1. The Balaban J connectivity index is 1.97. The highest BCUT2D eigenvalue weighted by Gasteiger charge is 2.13. The molecule has 20 heavy (non-hydrogen) atoms. The van der Waals surface area contributed by atoms with Crippen LogP contribution in [-0.4, -0.2) is 32.7 Å². The van der Waals surface area contributed by atoms with Gasteiger partial charge in [0.1, 0.15) is 0 Å². The molecule has 0 saturated heterocycles. The summed E-state index contributed by atoms with van der Waals surface area (Å²) >= 11 is 1.34. The molecule has 102 valence electrons. The molecule has 0 atom stereocenters. The Morgan fingerprint density at radius 1 is 1.20 bits per heavy atom. The highest BCUT2D eigenvalue weighted by molar-refractivity contribution is 8.00. The second kappa shape index (κ2) is 6.67. The van der Waals surface area contributed by atoms with E-state index in [-0.39, 0.29) is 23.0 Å². The van der Waals surface area contributed by atoms with Crippen molar-refractivity contribution in [2.24, 2.45) is 0 Å². The van der Waals surface area contributed by atoms with E-state index in [1.54, 1.807) is 30.6 Å². The van der Waals surface area contributed by atoms with E-state index in [0.717, 1.165) is 4.90 Å². The summed E-state index contributed by atoms with van der Waals surface area (Å²) in [5, 5.41) is 11.5. The first-order chi connectivity index (χ1) is 9.66. The topological polar surface area (TPSA) is 92.2 Å². The first kappa shape index (κ1) is 14.0. The van der Waals surface area contributed by atoms with Gasteiger partial charge in [0, 0.05) is 23.5 Å². The second-order valence-corrected chi connectivity index (χ2v) is 4.77. The van der Waals surface area contributed by atoms with Crippen molar-refractivity contribution in [2.45, 2.75) is 4.90 Å². The summed E-state index contributed by atoms with van der Waals surface area (Å²) in [5.41, 5.74) is 0.0232. The molecule has 0 fully saturated rings. The van der Waals surface area contributed by atoms with Crippen molar-refractivity contribution in [3.63, 3.8) is 0 Å². The minimum Gasteiger partial charge on any atom is -0.476 e. The van der Waals surface area contributed by atoms with Crippen molar-refractivity contribution < 1.29 is 14.7 Å². The van der Waals surface area contributed by atoms with Crippen molar-refractivity contribution >= 4 is 29.3 Å². The molecule has 2 N–H and O–H groups in total. The van der Waals surface area contributed by atoms with Crippen molar-refractivity contribution in [2.75, 3.05) is 11.1 Å². The lowest BCUT2D eigenvalue weighted by molar-refractivity contribution is -0.113. The van der Waals surface area contributed by atoms with Gasteiger partial charge in [0.25, 0.3) is 0 Å². The van der Waals surface area contributed by atoms with E-state index in [2.05, 4.69) is 15.3 Å². The largest absolute Gasteiger partial charge is 0.476 e. The molecule has 0 aliphatic heterocycles. The maximum atomic E-state index is 11.8. The number of carboxylic acid groups (broad SMARTS) is 1. The molecular weight excluding hydrogens is 278 g/mol. The van der Waals surface area contributed by atoms with Crippen LogP contribution in [0.3, 0.4) is 0 Å². The molecule has 6 nitrogen and oxygen atoms in total. The second-order valence-electron chi connectivity index (χ2n) is 3.72. The fourth-order valence-corrected chi connectivity index (χ4v) is 2.13. The molecule has 0 saturated carbocycles. The smallest absolute Gasteiger partial charge is 0.356 e. The molecule has 0 aliphatic carbocycles. The summed E-state index contributed by atoms with van der Waals surface area (Å²) in [6.07, 6.45) is 4.65. The van der Waals surface area contributed by atoms with Crippen LogP contribution in [0.25, 0.3) is 0 Å². The zero-order chi connectivity index (χ0) is 14.4. The van der Waals surface area contributed by atoms with E-state index in [9.17, 15) is 9.59 Å². The maximum absolute atomic E-state index is 11.8. The first-order valence-electron chi connectivity index (χ1n) is 5.68. The molecule has 0 bridgehead atoms. The summed E-state index contributed by atoms with van der Waals surface area (Å²) in [7, 11) is 0. The number of carbonyl (C=O) groups is 2. The molecule has 2 aromatic rings. The number of pyridine rings is 2. The Bertz CT molecular complexity index is 619. The van der Waals surface area contributed by atoms with Gasteiger partial charge in [0.2, 0.25) is 5.91 Å². The van der Waals surface area contributed by atoms with Crippen LogP contribution >= 0.6 is 11.8 Å². The molecule has 0 radical (unpaired) electrons. The van der Waals surface area contributed by atoms with Gasteiger partial charge in [-0.15, -0.1) is 11.8 Å². The maximum Gasteiger partial charge on any atom is 0.356 e. The van der Waals surface area contributed by atoms with Gasteiger partial charge in [0.15, 0.2) is 5.69 Å². The molecule has 0 aromatic carbocycles. The Kier molecular flexibility index (Phi) is 4.67. The van der Waals surface area contributed by atoms with E-state index >= 15 is 0 Å². The number of nitrogens with one attached hydrogen (secondary N) is 1. The fraction of sp³-hybridized carbons (Fsp3) is 0.0769. The normalized spacial score (nSPS) is 10.0.